The summed E-state index contributed by atoms with van der Waals surface area (Å²) in [5.74, 6) is 1.33. The summed E-state index contributed by atoms with van der Waals surface area (Å²) in [5, 5.41) is 18.2. The molecule has 0 fully saturated rings. The Kier molecular flexibility index (Phi) is 6.91. The number of hydrogen-bond donors (Lipinski definition) is 2. The van der Waals surface area contributed by atoms with Crippen molar-refractivity contribution in [3.63, 3.8) is 0 Å². The van der Waals surface area contributed by atoms with E-state index >= 15 is 0 Å². The Labute approximate surface area is 222 Å². The Balaban J connectivity index is 1.47. The molecule has 2 N–H and O–H groups in total. The molecule has 0 radical (unpaired) electrons. The number of carbonyl (C=O) groups is 1. The number of methoxy groups -OCH3 is 1. The number of anilines is 2. The van der Waals surface area contributed by atoms with Crippen LogP contribution in [-0.2, 0) is 11.4 Å². The van der Waals surface area contributed by atoms with Crippen LogP contribution in [0.1, 0.15) is 29.7 Å². The molecule has 10 heteroatoms. The fourth-order valence-corrected chi connectivity index (χ4v) is 4.50. The second kappa shape index (κ2) is 10.4. The van der Waals surface area contributed by atoms with Crippen molar-refractivity contribution in [3.05, 3.63) is 99.2 Å². The number of hydrogen-bond acceptors (Lipinski definition) is 7. The Morgan fingerprint density at radius 3 is 2.62 bits per heavy atom. The van der Waals surface area contributed by atoms with Gasteiger partial charge in [0, 0.05) is 15.9 Å². The summed E-state index contributed by atoms with van der Waals surface area (Å²) in [6.07, 6.45) is 0. The number of halogens is 1. The summed E-state index contributed by atoms with van der Waals surface area (Å²) in [4.78, 5) is 13.6. The topological polar surface area (TPSA) is 103 Å². The first-order chi connectivity index (χ1) is 17.9. The highest BCUT2D eigenvalue weighted by atomic mass is 79.9. The largest absolute Gasteiger partial charge is 0.493 e. The molecule has 37 heavy (non-hydrogen) atoms. The first-order valence-electron chi connectivity index (χ1n) is 11.6. The smallest absolute Gasteiger partial charge is 0.255 e. The SMILES string of the molecule is COc1cc(C2C(C(=O)Nc3ccccc3C)=C(C)Nc3nnnn32)ccc1OCc1ccc(Br)cc1. The third kappa shape index (κ3) is 5.05. The van der Waals surface area contributed by atoms with Crippen LogP contribution >= 0.6 is 15.9 Å². The van der Waals surface area contributed by atoms with Crippen molar-refractivity contribution in [3.8, 4) is 11.5 Å². The lowest BCUT2D eigenvalue weighted by molar-refractivity contribution is -0.113. The molecule has 0 bridgehead atoms. The highest BCUT2D eigenvalue weighted by Gasteiger charge is 2.34. The summed E-state index contributed by atoms with van der Waals surface area (Å²) in [7, 11) is 1.59. The molecule has 2 heterocycles. The average Bonchev–Trinajstić information content (AvgIpc) is 3.37. The lowest BCUT2D eigenvalue weighted by Crippen LogP contribution is -2.31. The fraction of sp³-hybridized carbons (Fsp3) is 0.185. The number of nitrogens with one attached hydrogen (secondary N) is 2. The van der Waals surface area contributed by atoms with Crippen molar-refractivity contribution in [1.82, 2.24) is 20.2 Å². The van der Waals surface area contributed by atoms with Gasteiger partial charge in [0.05, 0.1) is 12.7 Å². The van der Waals surface area contributed by atoms with Crippen molar-refractivity contribution in [2.75, 3.05) is 17.7 Å². The third-order valence-electron chi connectivity index (χ3n) is 6.16. The summed E-state index contributed by atoms with van der Waals surface area (Å²) in [6.45, 7) is 4.17. The van der Waals surface area contributed by atoms with Crippen LogP contribution in [0.4, 0.5) is 11.6 Å². The maximum absolute atomic E-state index is 13.6. The van der Waals surface area contributed by atoms with Gasteiger partial charge < -0.3 is 20.1 Å². The number of carbonyl (C=O) groups excluding carboxylic acids is 1. The monoisotopic (exact) mass is 560 g/mol. The zero-order valence-corrected chi connectivity index (χ0v) is 22.1. The quantitative estimate of drug-likeness (QED) is 0.317. The Hall–Kier alpha value is -4.18. The minimum Gasteiger partial charge on any atom is -0.493 e. The number of benzene rings is 3. The zero-order valence-electron chi connectivity index (χ0n) is 20.5. The lowest BCUT2D eigenvalue weighted by atomic mass is 9.94. The van der Waals surface area contributed by atoms with Gasteiger partial charge in [0.25, 0.3) is 5.91 Å². The number of aromatic nitrogens is 4. The van der Waals surface area contributed by atoms with Crippen LogP contribution in [0.15, 0.2) is 82.5 Å². The van der Waals surface area contributed by atoms with E-state index in [0.29, 0.717) is 35.3 Å². The summed E-state index contributed by atoms with van der Waals surface area (Å²) in [6, 6.07) is 20.6. The molecule has 3 aromatic carbocycles. The molecule has 0 spiro atoms. The summed E-state index contributed by atoms with van der Waals surface area (Å²) in [5.41, 5.74) is 4.66. The van der Waals surface area contributed by atoms with Gasteiger partial charge in [0.2, 0.25) is 5.95 Å². The second-order valence-electron chi connectivity index (χ2n) is 8.61. The number of aryl methyl sites for hydroxylation is 1. The molecule has 9 nitrogen and oxygen atoms in total. The van der Waals surface area contributed by atoms with Crippen LogP contribution in [-0.4, -0.2) is 33.2 Å². The number of fused-ring (bicyclic) bond motifs is 1. The van der Waals surface area contributed by atoms with E-state index in [-0.39, 0.29) is 5.91 Å². The first kappa shape index (κ1) is 24.5. The van der Waals surface area contributed by atoms with Gasteiger partial charge in [-0.05, 0) is 71.3 Å². The van der Waals surface area contributed by atoms with E-state index in [1.807, 2.05) is 80.6 Å². The van der Waals surface area contributed by atoms with Crippen molar-refractivity contribution < 1.29 is 14.3 Å². The van der Waals surface area contributed by atoms with Gasteiger partial charge in [-0.2, -0.15) is 4.68 Å². The van der Waals surface area contributed by atoms with E-state index in [2.05, 4.69) is 42.1 Å². The van der Waals surface area contributed by atoms with Gasteiger partial charge in [0.15, 0.2) is 11.5 Å². The van der Waals surface area contributed by atoms with E-state index in [1.54, 1.807) is 11.8 Å². The molecule has 1 unspecified atom stereocenters. The first-order valence-corrected chi connectivity index (χ1v) is 12.4. The lowest BCUT2D eigenvalue weighted by Gasteiger charge is -2.28. The number of nitrogens with zero attached hydrogens (tertiary/aromatic N) is 4. The molecule has 1 aromatic heterocycles. The van der Waals surface area contributed by atoms with E-state index in [4.69, 9.17) is 9.47 Å². The molecule has 0 saturated carbocycles. The Morgan fingerprint density at radius 2 is 1.86 bits per heavy atom. The highest BCUT2D eigenvalue weighted by molar-refractivity contribution is 9.10. The predicted octanol–water partition coefficient (Wildman–Crippen LogP) is 5.26. The normalized spacial score (nSPS) is 14.5. The summed E-state index contributed by atoms with van der Waals surface area (Å²) >= 11 is 3.45. The van der Waals surface area contributed by atoms with Gasteiger partial charge in [-0.3, -0.25) is 4.79 Å². The number of rotatable bonds is 7. The van der Waals surface area contributed by atoms with Crippen molar-refractivity contribution in [2.24, 2.45) is 0 Å². The molecule has 0 saturated heterocycles. The fourth-order valence-electron chi connectivity index (χ4n) is 4.23. The third-order valence-corrected chi connectivity index (χ3v) is 6.69. The second-order valence-corrected chi connectivity index (χ2v) is 9.52. The molecule has 5 rings (SSSR count). The predicted molar refractivity (Wildman–Crippen MR) is 144 cm³/mol. The molecule has 4 aromatic rings. The maximum Gasteiger partial charge on any atom is 0.255 e. The Morgan fingerprint density at radius 1 is 1.08 bits per heavy atom. The average molecular weight is 561 g/mol. The van der Waals surface area contributed by atoms with Crippen molar-refractivity contribution >= 4 is 33.5 Å². The number of allylic oxidation sites excluding steroid dienone is 1. The van der Waals surface area contributed by atoms with Crippen molar-refractivity contribution in [2.45, 2.75) is 26.5 Å². The maximum atomic E-state index is 13.6. The van der Waals surface area contributed by atoms with Gasteiger partial charge in [-0.15, -0.1) is 0 Å². The van der Waals surface area contributed by atoms with Crippen LogP contribution in [0.25, 0.3) is 0 Å². The zero-order chi connectivity index (χ0) is 25.9. The number of amides is 1. The van der Waals surface area contributed by atoms with Crippen molar-refractivity contribution in [1.29, 1.82) is 0 Å². The van der Waals surface area contributed by atoms with Crippen LogP contribution in [0, 0.1) is 6.92 Å². The van der Waals surface area contributed by atoms with E-state index < -0.39 is 6.04 Å². The van der Waals surface area contributed by atoms with Gasteiger partial charge in [0.1, 0.15) is 12.6 Å². The van der Waals surface area contributed by atoms with Gasteiger partial charge in [-0.1, -0.05) is 57.4 Å². The van der Waals surface area contributed by atoms with E-state index in [9.17, 15) is 4.79 Å². The number of tetrazole rings is 1. The molecule has 1 aliphatic heterocycles. The van der Waals surface area contributed by atoms with E-state index in [0.717, 1.165) is 26.9 Å². The van der Waals surface area contributed by atoms with Crippen LogP contribution < -0.4 is 20.1 Å². The van der Waals surface area contributed by atoms with Crippen LogP contribution in [0.5, 0.6) is 11.5 Å². The number of para-hydroxylation sites is 1. The van der Waals surface area contributed by atoms with Gasteiger partial charge >= 0.3 is 0 Å². The van der Waals surface area contributed by atoms with Crippen LogP contribution in [0.2, 0.25) is 0 Å². The standard InChI is InChI=1S/C27H25BrN6O3/c1-16-6-4-5-7-21(16)30-26(35)24-17(2)29-27-31-32-33-34(27)25(24)19-10-13-22(23(14-19)36-3)37-15-18-8-11-20(28)12-9-18/h4-14,25H,15H2,1-3H3,(H,30,35)(H,29,31,33). The molecular weight excluding hydrogens is 536 g/mol. The molecule has 188 valence electrons. The van der Waals surface area contributed by atoms with Crippen LogP contribution in [0.3, 0.4) is 0 Å². The molecule has 0 aliphatic carbocycles. The highest BCUT2D eigenvalue weighted by Crippen LogP contribution is 2.39. The molecule has 1 aliphatic rings. The molecule has 1 amide bonds. The van der Waals surface area contributed by atoms with E-state index in [1.165, 1.54) is 0 Å². The molecule has 1 atom stereocenters. The molecular formula is C27H25BrN6O3. The van der Waals surface area contributed by atoms with Gasteiger partial charge in [-0.25, -0.2) is 0 Å². The summed E-state index contributed by atoms with van der Waals surface area (Å²) < 4.78 is 14.3. The minimum absolute atomic E-state index is 0.250. The number of ether oxygens (including phenoxy) is 2. The minimum atomic E-state index is -0.579. The Bertz CT molecular complexity index is 1480.